The third-order valence-corrected chi connectivity index (χ3v) is 4.96. The second-order valence-electron chi connectivity index (χ2n) is 7.84. The fourth-order valence-corrected chi connectivity index (χ4v) is 4.33. The first-order chi connectivity index (χ1) is 11.0. The Balaban J connectivity index is 1.98. The van der Waals surface area contributed by atoms with Gasteiger partial charge in [0.05, 0.1) is 4.47 Å². The van der Waals surface area contributed by atoms with Gasteiger partial charge < -0.3 is 15.4 Å². The SMILES string of the molecule is C[C@@H](Oc1ccc(Cl)cc1Br)C(=O)NC1CC(C)(C)NC(C)(C)C1. The molecule has 2 rings (SSSR count). The highest BCUT2D eigenvalue weighted by molar-refractivity contribution is 9.10. The molecule has 1 fully saturated rings. The normalized spacial score (nSPS) is 21.1. The molecule has 2 N–H and O–H groups in total. The van der Waals surface area contributed by atoms with Crippen LogP contribution in [-0.4, -0.2) is 29.1 Å². The smallest absolute Gasteiger partial charge is 0.260 e. The van der Waals surface area contributed by atoms with E-state index in [-0.39, 0.29) is 23.0 Å². The number of hydrogen-bond donors (Lipinski definition) is 2. The number of nitrogens with one attached hydrogen (secondary N) is 2. The van der Waals surface area contributed by atoms with Gasteiger partial charge in [-0.1, -0.05) is 11.6 Å². The lowest BCUT2D eigenvalue weighted by Gasteiger charge is -2.46. The number of rotatable bonds is 4. The maximum atomic E-state index is 12.5. The number of piperidine rings is 1. The number of ether oxygens (including phenoxy) is 1. The minimum absolute atomic E-state index is 0.0109. The van der Waals surface area contributed by atoms with E-state index < -0.39 is 6.10 Å². The molecule has 0 saturated carbocycles. The Morgan fingerprint density at radius 3 is 2.46 bits per heavy atom. The number of benzene rings is 1. The Bertz CT molecular complexity index is 603. The summed E-state index contributed by atoms with van der Waals surface area (Å²) in [5.41, 5.74) is -0.0218. The van der Waals surface area contributed by atoms with Crippen LogP contribution in [0, 0.1) is 0 Å². The average molecular weight is 418 g/mol. The zero-order valence-electron chi connectivity index (χ0n) is 14.9. The van der Waals surface area contributed by atoms with Crippen LogP contribution in [-0.2, 0) is 4.79 Å². The van der Waals surface area contributed by atoms with E-state index in [0.29, 0.717) is 10.8 Å². The largest absolute Gasteiger partial charge is 0.480 e. The highest BCUT2D eigenvalue weighted by Gasteiger charge is 2.38. The molecule has 1 heterocycles. The molecule has 0 aliphatic carbocycles. The number of carbonyl (C=O) groups is 1. The van der Waals surface area contributed by atoms with Gasteiger partial charge in [0.15, 0.2) is 6.10 Å². The maximum Gasteiger partial charge on any atom is 0.260 e. The molecule has 1 aliphatic heterocycles. The third kappa shape index (κ3) is 5.36. The molecule has 0 radical (unpaired) electrons. The van der Waals surface area contributed by atoms with Crippen molar-refractivity contribution in [2.75, 3.05) is 0 Å². The Labute approximate surface area is 157 Å². The zero-order valence-corrected chi connectivity index (χ0v) is 17.2. The molecule has 0 bridgehead atoms. The molecule has 134 valence electrons. The Hall–Kier alpha value is -0.780. The van der Waals surface area contributed by atoms with Gasteiger partial charge in [0.2, 0.25) is 0 Å². The van der Waals surface area contributed by atoms with Gasteiger partial charge in [-0.25, -0.2) is 0 Å². The van der Waals surface area contributed by atoms with E-state index in [9.17, 15) is 4.79 Å². The zero-order chi connectivity index (χ0) is 18.1. The van der Waals surface area contributed by atoms with E-state index in [1.807, 2.05) is 0 Å². The molecule has 4 nitrogen and oxygen atoms in total. The van der Waals surface area contributed by atoms with E-state index in [1.54, 1.807) is 25.1 Å². The molecule has 1 amide bonds. The summed E-state index contributed by atoms with van der Waals surface area (Å²) in [5, 5.41) is 7.37. The molecule has 1 aromatic carbocycles. The van der Waals surface area contributed by atoms with Crippen molar-refractivity contribution in [1.82, 2.24) is 10.6 Å². The third-order valence-electron chi connectivity index (χ3n) is 4.10. The highest BCUT2D eigenvalue weighted by Crippen LogP contribution is 2.30. The summed E-state index contributed by atoms with van der Waals surface area (Å²) in [4.78, 5) is 12.5. The van der Waals surface area contributed by atoms with Crippen LogP contribution in [0.3, 0.4) is 0 Å². The summed E-state index contributed by atoms with van der Waals surface area (Å²) in [5.74, 6) is 0.503. The van der Waals surface area contributed by atoms with Gasteiger partial charge in [0.25, 0.3) is 5.91 Å². The lowest BCUT2D eigenvalue weighted by Crippen LogP contribution is -2.62. The molecule has 1 saturated heterocycles. The number of hydrogen-bond acceptors (Lipinski definition) is 3. The predicted molar refractivity (Wildman–Crippen MR) is 102 cm³/mol. The van der Waals surface area contributed by atoms with Gasteiger partial charge in [-0.15, -0.1) is 0 Å². The molecule has 1 aliphatic rings. The van der Waals surface area contributed by atoms with Crippen LogP contribution in [0.15, 0.2) is 22.7 Å². The van der Waals surface area contributed by atoms with Crippen LogP contribution in [0.25, 0.3) is 0 Å². The van der Waals surface area contributed by atoms with Crippen molar-refractivity contribution in [1.29, 1.82) is 0 Å². The Morgan fingerprint density at radius 1 is 1.33 bits per heavy atom. The van der Waals surface area contributed by atoms with Crippen LogP contribution in [0.2, 0.25) is 5.02 Å². The van der Waals surface area contributed by atoms with Crippen LogP contribution in [0.4, 0.5) is 0 Å². The van der Waals surface area contributed by atoms with Crippen molar-refractivity contribution in [3.63, 3.8) is 0 Å². The second kappa shape index (κ2) is 7.22. The Kier molecular flexibility index (Phi) is 5.88. The van der Waals surface area contributed by atoms with Crippen LogP contribution < -0.4 is 15.4 Å². The second-order valence-corrected chi connectivity index (χ2v) is 9.13. The standard InChI is InChI=1S/C18H26BrClN2O2/c1-11(24-15-7-6-12(20)8-14(15)19)16(23)21-13-9-17(2,3)22-18(4,5)10-13/h6-8,11,13,22H,9-10H2,1-5H3,(H,21,23)/t11-/m1/s1. The fraction of sp³-hybridized carbons (Fsp3) is 0.611. The van der Waals surface area contributed by atoms with Crippen molar-refractivity contribution in [3.8, 4) is 5.75 Å². The van der Waals surface area contributed by atoms with Gasteiger partial charge in [-0.05, 0) is 81.6 Å². The predicted octanol–water partition coefficient (Wildman–Crippen LogP) is 4.30. The van der Waals surface area contributed by atoms with Gasteiger partial charge in [0.1, 0.15) is 5.75 Å². The highest BCUT2D eigenvalue weighted by atomic mass is 79.9. The molecule has 0 spiro atoms. The summed E-state index contributed by atoms with van der Waals surface area (Å²) < 4.78 is 6.51. The first kappa shape index (κ1) is 19.5. The molecule has 0 unspecified atom stereocenters. The van der Waals surface area contributed by atoms with Crippen LogP contribution in [0.5, 0.6) is 5.75 Å². The first-order valence-corrected chi connectivity index (χ1v) is 9.36. The van der Waals surface area contributed by atoms with E-state index in [4.69, 9.17) is 16.3 Å². The van der Waals surface area contributed by atoms with Crippen LogP contribution >= 0.6 is 27.5 Å². The van der Waals surface area contributed by atoms with Crippen molar-refractivity contribution in [2.45, 2.75) is 70.7 Å². The van der Waals surface area contributed by atoms with Crippen molar-refractivity contribution in [2.24, 2.45) is 0 Å². The topological polar surface area (TPSA) is 50.4 Å². The number of amides is 1. The molecule has 6 heteroatoms. The van der Waals surface area contributed by atoms with Gasteiger partial charge in [-0.2, -0.15) is 0 Å². The molecule has 24 heavy (non-hydrogen) atoms. The minimum atomic E-state index is -0.580. The lowest BCUT2D eigenvalue weighted by molar-refractivity contribution is -0.128. The van der Waals surface area contributed by atoms with Gasteiger partial charge in [-0.3, -0.25) is 4.79 Å². The maximum absolute atomic E-state index is 12.5. The first-order valence-electron chi connectivity index (χ1n) is 8.19. The summed E-state index contributed by atoms with van der Waals surface area (Å²) in [6, 6.07) is 5.37. The van der Waals surface area contributed by atoms with Gasteiger partial charge in [0, 0.05) is 22.1 Å². The van der Waals surface area contributed by atoms with Crippen molar-refractivity contribution in [3.05, 3.63) is 27.7 Å². The summed E-state index contributed by atoms with van der Waals surface area (Å²) in [6.45, 7) is 10.4. The monoisotopic (exact) mass is 416 g/mol. The van der Waals surface area contributed by atoms with Crippen molar-refractivity contribution < 1.29 is 9.53 Å². The van der Waals surface area contributed by atoms with Crippen LogP contribution in [0.1, 0.15) is 47.5 Å². The fourth-order valence-electron chi connectivity index (χ4n) is 3.56. The summed E-state index contributed by atoms with van der Waals surface area (Å²) in [7, 11) is 0. The average Bonchev–Trinajstić information content (AvgIpc) is 2.38. The van der Waals surface area contributed by atoms with Gasteiger partial charge >= 0.3 is 0 Å². The molecule has 1 atom stereocenters. The van der Waals surface area contributed by atoms with Crippen molar-refractivity contribution >= 4 is 33.4 Å². The van der Waals surface area contributed by atoms with E-state index in [2.05, 4.69) is 54.3 Å². The molecular weight excluding hydrogens is 392 g/mol. The van der Waals surface area contributed by atoms with E-state index >= 15 is 0 Å². The molecule has 1 aromatic rings. The quantitative estimate of drug-likeness (QED) is 0.768. The van der Waals surface area contributed by atoms with E-state index in [1.165, 1.54) is 0 Å². The number of carbonyl (C=O) groups excluding carboxylic acids is 1. The summed E-state index contributed by atoms with van der Waals surface area (Å²) >= 11 is 9.33. The number of halogens is 2. The lowest BCUT2D eigenvalue weighted by atomic mass is 9.79. The summed E-state index contributed by atoms with van der Waals surface area (Å²) in [6.07, 6.45) is 1.20. The minimum Gasteiger partial charge on any atom is -0.480 e. The Morgan fingerprint density at radius 2 is 1.92 bits per heavy atom. The van der Waals surface area contributed by atoms with E-state index in [0.717, 1.165) is 17.3 Å². The molecular formula is C18H26BrClN2O2. The molecule has 0 aromatic heterocycles.